The van der Waals surface area contributed by atoms with E-state index in [2.05, 4.69) is 79.1 Å². The van der Waals surface area contributed by atoms with Crippen LogP contribution in [0.15, 0.2) is 85.1 Å². The molecule has 19 heteroatoms. The van der Waals surface area contributed by atoms with Crippen molar-refractivity contribution in [3.8, 4) is 0 Å². The lowest BCUT2D eigenvalue weighted by molar-refractivity contribution is -0.216. The molecule has 0 aliphatic heterocycles. The van der Waals surface area contributed by atoms with Gasteiger partial charge in [-0.05, 0) is 70.6 Å². The largest absolute Gasteiger partial charge is 0.472 e. The quantitative estimate of drug-likeness (QED) is 0.00979. The fourth-order valence-corrected chi connectivity index (χ4v) is 8.03. The van der Waals surface area contributed by atoms with Gasteiger partial charge in [0.05, 0.1) is 12.7 Å². The number of allylic oxidation sites excluding steroid dienone is 13. The lowest BCUT2D eigenvalue weighted by Crippen LogP contribution is -2.64. The van der Waals surface area contributed by atoms with E-state index in [9.17, 15) is 58.9 Å². The zero-order chi connectivity index (χ0) is 49.1. The van der Waals surface area contributed by atoms with E-state index in [1.807, 2.05) is 18.2 Å². The van der Waals surface area contributed by atoms with Gasteiger partial charge in [-0.25, -0.2) is 9.13 Å². The van der Waals surface area contributed by atoms with Gasteiger partial charge in [0.1, 0.15) is 43.2 Å². The second kappa shape index (κ2) is 37.1. The van der Waals surface area contributed by atoms with E-state index in [0.717, 1.165) is 89.9 Å². The van der Waals surface area contributed by atoms with Crippen molar-refractivity contribution in [2.75, 3.05) is 13.2 Å². The van der Waals surface area contributed by atoms with Crippen LogP contribution in [0.25, 0.3) is 0 Å². The fourth-order valence-electron chi connectivity index (χ4n) is 6.49. The molecule has 8 N–H and O–H groups in total. The summed E-state index contributed by atoms with van der Waals surface area (Å²) in [5, 5.41) is 51.4. The number of unbranched alkanes of at least 4 members (excludes halogenated alkanes) is 8. The molecule has 0 spiro atoms. The number of aliphatic hydroxyl groups excluding tert-OH is 5. The minimum Gasteiger partial charge on any atom is -0.462 e. The van der Waals surface area contributed by atoms with Crippen LogP contribution in [0, 0.1) is 0 Å². The highest BCUT2D eigenvalue weighted by atomic mass is 31.2. The molecule has 0 aromatic rings. The topological polar surface area (TPSA) is 276 Å². The van der Waals surface area contributed by atoms with Crippen molar-refractivity contribution in [1.29, 1.82) is 0 Å². The molecular weight excluding hydrogens is 898 g/mol. The van der Waals surface area contributed by atoms with Gasteiger partial charge in [-0.2, -0.15) is 0 Å². The number of phosphoric acid groups is 2. The number of ether oxygens (including phenoxy) is 2. The van der Waals surface area contributed by atoms with Gasteiger partial charge in [0.25, 0.3) is 0 Å². The minimum absolute atomic E-state index is 0.00928. The molecule has 17 nitrogen and oxygen atoms in total. The molecule has 1 rings (SSSR count). The number of hydrogen-bond donors (Lipinski definition) is 8. The van der Waals surface area contributed by atoms with Gasteiger partial charge in [-0.1, -0.05) is 137 Å². The molecule has 6 unspecified atom stereocenters. The Balaban J connectivity index is 2.66. The van der Waals surface area contributed by atoms with E-state index in [1.54, 1.807) is 6.08 Å². The Bertz CT molecular complexity index is 1620. The van der Waals surface area contributed by atoms with Crippen LogP contribution in [0.2, 0.25) is 0 Å². The third-order valence-electron chi connectivity index (χ3n) is 10.1. The van der Waals surface area contributed by atoms with E-state index in [0.29, 0.717) is 19.3 Å². The zero-order valence-electron chi connectivity index (χ0n) is 38.7. The molecule has 9 atom stereocenters. The molecule has 0 aromatic carbocycles. The van der Waals surface area contributed by atoms with Crippen LogP contribution >= 0.6 is 15.6 Å². The molecule has 1 aliphatic rings. The van der Waals surface area contributed by atoms with Gasteiger partial charge in [-0.15, -0.1) is 0 Å². The summed E-state index contributed by atoms with van der Waals surface area (Å²) < 4.78 is 49.3. The molecule has 0 radical (unpaired) electrons. The molecular formula is C47H78O17P2. The maximum absolute atomic E-state index is 13.0. The predicted molar refractivity (Wildman–Crippen MR) is 251 cm³/mol. The average molecular weight is 977 g/mol. The first-order valence-corrected chi connectivity index (χ1v) is 26.3. The van der Waals surface area contributed by atoms with Crippen molar-refractivity contribution in [3.05, 3.63) is 85.1 Å². The summed E-state index contributed by atoms with van der Waals surface area (Å²) in [5.41, 5.74) is 0. The van der Waals surface area contributed by atoms with Gasteiger partial charge in [0.15, 0.2) is 6.10 Å². The Kier molecular flexibility index (Phi) is 34.4. The van der Waals surface area contributed by atoms with E-state index in [1.165, 1.54) is 0 Å². The highest BCUT2D eigenvalue weighted by Gasteiger charge is 2.54. The van der Waals surface area contributed by atoms with E-state index < -0.39 is 89.6 Å². The second-order valence-electron chi connectivity index (χ2n) is 15.9. The number of hydrogen-bond acceptors (Lipinski definition) is 14. The van der Waals surface area contributed by atoms with Crippen LogP contribution < -0.4 is 0 Å². The first-order valence-electron chi connectivity index (χ1n) is 23.2. The number of esters is 2. The maximum Gasteiger partial charge on any atom is 0.472 e. The van der Waals surface area contributed by atoms with Crippen LogP contribution in [0.1, 0.15) is 136 Å². The van der Waals surface area contributed by atoms with E-state index in [4.69, 9.17) is 18.5 Å². The SMILES string of the molecule is CC/C=C\C/C=C\C/C=C\C/C=C\CCCCCCC(=O)O[C@H](COC(=O)CCCCCCCC(O)/C=C/C=C/C/C=C/CC)COP(=O)(O)O[C@H]1C(O)C(O)C(O)[C@@H](OP(=O)(O)O)C1O. The molecule has 0 bridgehead atoms. The lowest BCUT2D eigenvalue weighted by atomic mass is 9.85. The molecule has 0 saturated heterocycles. The van der Waals surface area contributed by atoms with Crippen LogP contribution in [-0.2, 0) is 41.8 Å². The van der Waals surface area contributed by atoms with Crippen molar-refractivity contribution < 1.29 is 82.0 Å². The molecule has 0 amide bonds. The molecule has 66 heavy (non-hydrogen) atoms. The summed E-state index contributed by atoms with van der Waals surface area (Å²) in [5.74, 6) is -1.32. The highest BCUT2D eigenvalue weighted by molar-refractivity contribution is 7.47. The van der Waals surface area contributed by atoms with Gasteiger partial charge in [-0.3, -0.25) is 23.2 Å². The second-order valence-corrected chi connectivity index (χ2v) is 18.5. The van der Waals surface area contributed by atoms with Gasteiger partial charge < -0.3 is 49.7 Å². The third kappa shape index (κ3) is 31.2. The molecule has 1 saturated carbocycles. The number of phosphoric ester groups is 2. The number of rotatable bonds is 37. The number of carbonyl (C=O) groups is 2. The Labute approximate surface area is 391 Å². The summed E-state index contributed by atoms with van der Waals surface area (Å²) in [6.45, 7) is 2.75. The average Bonchev–Trinajstić information content (AvgIpc) is 3.27. The van der Waals surface area contributed by atoms with E-state index in [-0.39, 0.29) is 12.8 Å². The Morgan fingerprint density at radius 2 is 1.06 bits per heavy atom. The Hall–Kier alpha value is -2.86. The van der Waals surface area contributed by atoms with Crippen LogP contribution in [0.3, 0.4) is 0 Å². The molecule has 1 aliphatic carbocycles. The number of aliphatic hydroxyl groups is 5. The van der Waals surface area contributed by atoms with Gasteiger partial charge in [0, 0.05) is 12.8 Å². The summed E-state index contributed by atoms with van der Waals surface area (Å²) in [6.07, 6.45) is 27.0. The maximum atomic E-state index is 13.0. The zero-order valence-corrected chi connectivity index (χ0v) is 40.5. The molecule has 378 valence electrons. The van der Waals surface area contributed by atoms with Crippen LogP contribution in [0.5, 0.6) is 0 Å². The monoisotopic (exact) mass is 976 g/mol. The van der Waals surface area contributed by atoms with Gasteiger partial charge >= 0.3 is 27.6 Å². The van der Waals surface area contributed by atoms with Crippen molar-refractivity contribution in [1.82, 2.24) is 0 Å². The minimum atomic E-state index is -5.38. The van der Waals surface area contributed by atoms with Gasteiger partial charge in [0.2, 0.25) is 0 Å². The van der Waals surface area contributed by atoms with Crippen LogP contribution in [-0.4, -0.2) is 114 Å². The summed E-state index contributed by atoms with van der Waals surface area (Å²) in [7, 11) is -10.7. The first kappa shape index (κ1) is 61.2. The lowest BCUT2D eigenvalue weighted by Gasteiger charge is -2.43. The Morgan fingerprint density at radius 3 is 1.65 bits per heavy atom. The third-order valence-corrected chi connectivity index (χ3v) is 11.6. The summed E-state index contributed by atoms with van der Waals surface area (Å²) in [4.78, 5) is 54.3. The van der Waals surface area contributed by atoms with Crippen LogP contribution in [0.4, 0.5) is 0 Å². The molecule has 0 aromatic heterocycles. The summed E-state index contributed by atoms with van der Waals surface area (Å²) >= 11 is 0. The normalized spacial score (nSPS) is 22.8. The highest BCUT2D eigenvalue weighted by Crippen LogP contribution is 2.49. The Morgan fingerprint density at radius 1 is 0.561 bits per heavy atom. The van der Waals surface area contributed by atoms with Crippen molar-refractivity contribution >= 4 is 27.6 Å². The first-order chi connectivity index (χ1) is 31.5. The number of carbonyl (C=O) groups excluding carboxylic acids is 2. The van der Waals surface area contributed by atoms with Crippen molar-refractivity contribution in [2.45, 2.75) is 185 Å². The standard InChI is InChI=1S/C47H78O17P2/c1-3-5-7-9-11-12-13-14-15-16-17-18-19-20-22-26-31-35-41(50)62-39(36-60-40(49)34-30-27-23-25-29-33-38(48)32-28-24-21-10-8-6-4-2)37-61-66(58,59)64-47-44(53)42(51)43(52)46(45(47)54)63-65(55,56)57/h5-8,11-12,14-15,17-18,21,24,28,32,38-39,42-48,51-54H,3-4,9-10,13,16,19-20,22-23,25-27,29-31,33-37H2,1-2H3,(H,58,59)(H2,55,56,57)/b7-5-,8-6+,12-11-,15-14-,18-17-,24-21+,32-28+/t38?,39-,42?,43?,44?,45?,46-,47+/m1/s1. The molecule has 0 heterocycles. The van der Waals surface area contributed by atoms with Crippen molar-refractivity contribution in [3.63, 3.8) is 0 Å². The molecule has 1 fully saturated rings. The summed E-state index contributed by atoms with van der Waals surface area (Å²) in [6, 6.07) is 0. The van der Waals surface area contributed by atoms with E-state index >= 15 is 0 Å². The smallest absolute Gasteiger partial charge is 0.462 e. The predicted octanol–water partition coefficient (Wildman–Crippen LogP) is 7.58. The van der Waals surface area contributed by atoms with Crippen molar-refractivity contribution in [2.24, 2.45) is 0 Å². The fraction of sp³-hybridized carbons (Fsp3) is 0.660.